The van der Waals surface area contributed by atoms with Gasteiger partial charge in [0.1, 0.15) is 0 Å². The average Bonchev–Trinajstić information content (AvgIpc) is 2.75. The van der Waals surface area contributed by atoms with E-state index in [2.05, 4.69) is 100 Å². The number of halogens is 2. The standard InChI is InChI=1S/C28H20Br2O/c1-28(2)25-14-19(17-5-9-22(29)10-6-17)3-4-20(25)13-24-26(28)15-21(16-27(24)31)18-7-11-23(30)12-8-18/h3-16H,1-2H3. The van der Waals surface area contributed by atoms with Gasteiger partial charge < -0.3 is 0 Å². The first-order chi connectivity index (χ1) is 14.8. The molecule has 5 rings (SSSR count). The molecule has 152 valence electrons. The number of hydrogen-bond acceptors (Lipinski definition) is 1. The summed E-state index contributed by atoms with van der Waals surface area (Å²) < 4.78 is 2.10. The summed E-state index contributed by atoms with van der Waals surface area (Å²) in [6.45, 7) is 4.43. The van der Waals surface area contributed by atoms with E-state index in [9.17, 15) is 4.79 Å². The Bertz CT molecular complexity index is 1300. The fraction of sp³-hybridized carbons (Fsp3) is 0.107. The Morgan fingerprint density at radius 1 is 0.677 bits per heavy atom. The van der Waals surface area contributed by atoms with Gasteiger partial charge in [-0.1, -0.05) is 82.1 Å². The molecule has 0 saturated carbocycles. The molecule has 0 fully saturated rings. The fourth-order valence-corrected chi connectivity index (χ4v) is 4.98. The molecule has 0 radical (unpaired) electrons. The molecular formula is C28H20Br2O. The van der Waals surface area contributed by atoms with Gasteiger partial charge in [0.05, 0.1) is 0 Å². The van der Waals surface area contributed by atoms with E-state index in [4.69, 9.17) is 0 Å². The first-order valence-electron chi connectivity index (χ1n) is 10.2. The number of carbonyl (C=O) groups excluding carboxylic acids is 1. The van der Waals surface area contributed by atoms with E-state index in [1.54, 1.807) is 6.08 Å². The van der Waals surface area contributed by atoms with Crippen LogP contribution in [-0.2, 0) is 10.2 Å². The lowest BCUT2D eigenvalue weighted by molar-refractivity contribution is -0.111. The predicted octanol–water partition coefficient (Wildman–Crippen LogP) is 8.15. The number of rotatable bonds is 2. The smallest absolute Gasteiger partial charge is 0.186 e. The summed E-state index contributed by atoms with van der Waals surface area (Å²) >= 11 is 7.00. The quantitative estimate of drug-likeness (QED) is 0.326. The Morgan fingerprint density at radius 2 is 1.26 bits per heavy atom. The molecule has 0 heterocycles. The molecule has 2 aliphatic rings. The molecule has 0 atom stereocenters. The molecule has 2 aliphatic carbocycles. The average molecular weight is 532 g/mol. The van der Waals surface area contributed by atoms with Crippen LogP contribution in [0, 0.1) is 0 Å². The molecule has 0 amide bonds. The van der Waals surface area contributed by atoms with E-state index < -0.39 is 0 Å². The number of allylic oxidation sites excluding steroid dienone is 5. The summed E-state index contributed by atoms with van der Waals surface area (Å²) in [5.74, 6) is 0.0751. The van der Waals surface area contributed by atoms with Crippen LogP contribution >= 0.6 is 31.9 Å². The Kier molecular flexibility index (Phi) is 4.99. The van der Waals surface area contributed by atoms with Crippen molar-refractivity contribution in [2.45, 2.75) is 19.3 Å². The van der Waals surface area contributed by atoms with Crippen LogP contribution < -0.4 is 0 Å². The van der Waals surface area contributed by atoms with Crippen LogP contribution in [-0.4, -0.2) is 5.78 Å². The van der Waals surface area contributed by atoms with E-state index >= 15 is 0 Å². The largest absolute Gasteiger partial charge is 0.289 e. The van der Waals surface area contributed by atoms with Gasteiger partial charge in [0.2, 0.25) is 0 Å². The van der Waals surface area contributed by atoms with Crippen molar-refractivity contribution in [1.29, 1.82) is 0 Å². The van der Waals surface area contributed by atoms with E-state index in [1.807, 2.05) is 24.3 Å². The van der Waals surface area contributed by atoms with Crippen molar-refractivity contribution in [3.8, 4) is 11.1 Å². The zero-order chi connectivity index (χ0) is 21.8. The number of hydrogen-bond donors (Lipinski definition) is 0. The second kappa shape index (κ2) is 7.58. The summed E-state index contributed by atoms with van der Waals surface area (Å²) in [7, 11) is 0. The molecule has 1 nitrogen and oxygen atoms in total. The minimum atomic E-state index is -0.282. The van der Waals surface area contributed by atoms with Crippen LogP contribution in [0.1, 0.15) is 30.5 Å². The molecule has 0 saturated heterocycles. The van der Waals surface area contributed by atoms with Gasteiger partial charge in [-0.05, 0) is 87.5 Å². The van der Waals surface area contributed by atoms with Gasteiger partial charge >= 0.3 is 0 Å². The molecule has 0 spiro atoms. The van der Waals surface area contributed by atoms with Gasteiger partial charge in [0.25, 0.3) is 0 Å². The molecule has 3 heteroatoms. The zero-order valence-corrected chi connectivity index (χ0v) is 20.4. The SMILES string of the molecule is CC1(C)C2=CC(c3ccc(Br)cc3)=CC(=O)C2=Cc2ccc(-c3ccc(Br)cc3)cc21. The number of carbonyl (C=O) groups is 1. The zero-order valence-electron chi connectivity index (χ0n) is 17.2. The van der Waals surface area contributed by atoms with Gasteiger partial charge in [0, 0.05) is 19.9 Å². The maximum Gasteiger partial charge on any atom is 0.186 e. The highest BCUT2D eigenvalue weighted by atomic mass is 79.9. The Morgan fingerprint density at radius 3 is 1.90 bits per heavy atom. The molecule has 31 heavy (non-hydrogen) atoms. The topological polar surface area (TPSA) is 17.1 Å². The van der Waals surface area contributed by atoms with E-state index in [1.165, 1.54) is 16.7 Å². The third kappa shape index (κ3) is 3.60. The van der Waals surface area contributed by atoms with Crippen LogP contribution in [0.2, 0.25) is 0 Å². The fourth-order valence-electron chi connectivity index (χ4n) is 4.45. The third-order valence-electron chi connectivity index (χ3n) is 6.20. The predicted molar refractivity (Wildman–Crippen MR) is 136 cm³/mol. The van der Waals surface area contributed by atoms with Crippen LogP contribution in [0.5, 0.6) is 0 Å². The van der Waals surface area contributed by atoms with E-state index in [0.29, 0.717) is 0 Å². The monoisotopic (exact) mass is 530 g/mol. The van der Waals surface area contributed by atoms with Gasteiger partial charge in [0.15, 0.2) is 5.78 Å². The van der Waals surface area contributed by atoms with E-state index in [0.717, 1.165) is 36.8 Å². The Labute approximate surface area is 199 Å². The molecule has 0 N–H and O–H groups in total. The van der Waals surface area contributed by atoms with Crippen molar-refractivity contribution in [2.24, 2.45) is 0 Å². The van der Waals surface area contributed by atoms with Crippen LogP contribution in [0.4, 0.5) is 0 Å². The Hall–Kier alpha value is -2.49. The number of ketones is 1. The second-order valence-corrected chi connectivity index (χ2v) is 10.4. The van der Waals surface area contributed by atoms with Crippen molar-refractivity contribution >= 4 is 49.3 Å². The lowest BCUT2D eigenvalue weighted by atomic mass is 9.66. The van der Waals surface area contributed by atoms with Gasteiger partial charge in [-0.25, -0.2) is 0 Å². The van der Waals surface area contributed by atoms with Gasteiger partial charge in [-0.3, -0.25) is 4.79 Å². The molecule has 0 aromatic heterocycles. The normalized spacial score (nSPS) is 16.6. The van der Waals surface area contributed by atoms with Crippen LogP contribution in [0.25, 0.3) is 22.8 Å². The molecular weight excluding hydrogens is 512 g/mol. The van der Waals surface area contributed by atoms with Crippen LogP contribution in [0.15, 0.2) is 99.0 Å². The van der Waals surface area contributed by atoms with Crippen LogP contribution in [0.3, 0.4) is 0 Å². The first kappa shape index (κ1) is 20.4. The lowest BCUT2D eigenvalue weighted by Gasteiger charge is -2.37. The van der Waals surface area contributed by atoms with Crippen molar-refractivity contribution in [3.63, 3.8) is 0 Å². The summed E-state index contributed by atoms with van der Waals surface area (Å²) in [5.41, 5.74) is 8.34. The Balaban J connectivity index is 1.63. The molecule has 0 bridgehead atoms. The summed E-state index contributed by atoms with van der Waals surface area (Å²) in [4.78, 5) is 13.1. The third-order valence-corrected chi connectivity index (χ3v) is 7.25. The molecule has 0 aliphatic heterocycles. The summed E-state index contributed by atoms with van der Waals surface area (Å²) in [6, 6.07) is 23.0. The first-order valence-corrected chi connectivity index (χ1v) is 11.8. The molecule has 3 aromatic carbocycles. The van der Waals surface area contributed by atoms with Crippen molar-refractivity contribution < 1.29 is 4.79 Å². The molecule has 0 unspecified atom stereocenters. The number of benzene rings is 3. The van der Waals surface area contributed by atoms with Crippen molar-refractivity contribution in [1.82, 2.24) is 0 Å². The van der Waals surface area contributed by atoms with Gasteiger partial charge in [-0.15, -0.1) is 0 Å². The maximum absolute atomic E-state index is 13.1. The highest BCUT2D eigenvalue weighted by Gasteiger charge is 2.37. The second-order valence-electron chi connectivity index (χ2n) is 8.52. The maximum atomic E-state index is 13.1. The lowest BCUT2D eigenvalue weighted by Crippen LogP contribution is -2.29. The molecule has 3 aromatic rings. The highest BCUT2D eigenvalue weighted by Crippen LogP contribution is 2.47. The number of fused-ring (bicyclic) bond motifs is 2. The van der Waals surface area contributed by atoms with Crippen molar-refractivity contribution in [3.05, 3.63) is 116 Å². The van der Waals surface area contributed by atoms with E-state index in [-0.39, 0.29) is 11.2 Å². The summed E-state index contributed by atoms with van der Waals surface area (Å²) in [6.07, 6.45) is 6.00. The van der Waals surface area contributed by atoms with Crippen molar-refractivity contribution in [2.75, 3.05) is 0 Å². The minimum absolute atomic E-state index is 0.0751. The highest BCUT2D eigenvalue weighted by molar-refractivity contribution is 9.10. The minimum Gasteiger partial charge on any atom is -0.289 e. The summed E-state index contributed by atoms with van der Waals surface area (Å²) in [5, 5.41) is 0. The van der Waals surface area contributed by atoms with Gasteiger partial charge in [-0.2, -0.15) is 0 Å².